The molecule has 3 rings (SSSR count). The van der Waals surface area contributed by atoms with Crippen molar-refractivity contribution in [3.8, 4) is 0 Å². The van der Waals surface area contributed by atoms with E-state index in [0.29, 0.717) is 23.3 Å². The van der Waals surface area contributed by atoms with E-state index in [1.54, 1.807) is 16.8 Å². The van der Waals surface area contributed by atoms with Gasteiger partial charge in [-0.15, -0.1) is 5.10 Å². The Hall–Kier alpha value is -2.38. The van der Waals surface area contributed by atoms with Crippen LogP contribution in [0.5, 0.6) is 0 Å². The van der Waals surface area contributed by atoms with Crippen LogP contribution in [-0.2, 0) is 17.9 Å². The van der Waals surface area contributed by atoms with Crippen LogP contribution in [0.2, 0.25) is 5.02 Å². The van der Waals surface area contributed by atoms with Crippen molar-refractivity contribution in [1.82, 2.24) is 25.5 Å². The summed E-state index contributed by atoms with van der Waals surface area (Å²) in [6.45, 7) is 2.86. The maximum atomic E-state index is 12.3. The largest absolute Gasteiger partial charge is 0.351 e. The van der Waals surface area contributed by atoms with E-state index in [1.165, 1.54) is 11.8 Å². The SMILES string of the molecule is CC(Sc1nnnn1Cc1ccccc1)C(=O)NCc1ccc(Cl)cc1. The lowest BCUT2D eigenvalue weighted by atomic mass is 10.2. The van der Waals surface area contributed by atoms with Gasteiger partial charge in [0.2, 0.25) is 11.1 Å². The molecule has 1 aromatic heterocycles. The molecule has 1 N–H and O–H groups in total. The number of tetrazole rings is 1. The molecule has 0 aliphatic carbocycles. The zero-order chi connectivity index (χ0) is 18.4. The molecular weight excluding hydrogens is 370 g/mol. The highest BCUT2D eigenvalue weighted by molar-refractivity contribution is 8.00. The number of nitrogens with zero attached hydrogens (tertiary/aromatic N) is 4. The molecule has 134 valence electrons. The van der Waals surface area contributed by atoms with E-state index in [4.69, 9.17) is 11.6 Å². The molecule has 1 amide bonds. The quantitative estimate of drug-likeness (QED) is 0.630. The van der Waals surface area contributed by atoms with Gasteiger partial charge in [-0.1, -0.05) is 65.8 Å². The summed E-state index contributed by atoms with van der Waals surface area (Å²) in [5.74, 6) is -0.0702. The number of hydrogen-bond acceptors (Lipinski definition) is 5. The summed E-state index contributed by atoms with van der Waals surface area (Å²) in [5, 5.41) is 15.7. The van der Waals surface area contributed by atoms with Crippen molar-refractivity contribution in [2.45, 2.75) is 30.4 Å². The number of nitrogens with one attached hydrogen (secondary N) is 1. The lowest BCUT2D eigenvalue weighted by Crippen LogP contribution is -2.30. The molecule has 3 aromatic rings. The molecule has 0 bridgehead atoms. The van der Waals surface area contributed by atoms with E-state index in [9.17, 15) is 4.79 Å². The standard InChI is InChI=1S/C18H18ClN5OS/c1-13(17(25)20-11-14-7-9-16(19)10-8-14)26-18-21-22-23-24(18)12-15-5-3-2-4-6-15/h2-10,13H,11-12H2,1H3,(H,20,25). The van der Waals surface area contributed by atoms with Crippen LogP contribution < -0.4 is 5.32 Å². The van der Waals surface area contributed by atoms with Crippen molar-refractivity contribution in [2.75, 3.05) is 0 Å². The molecule has 2 aromatic carbocycles. The molecule has 26 heavy (non-hydrogen) atoms. The smallest absolute Gasteiger partial charge is 0.233 e. The van der Waals surface area contributed by atoms with Crippen LogP contribution in [0.4, 0.5) is 0 Å². The highest BCUT2D eigenvalue weighted by atomic mass is 35.5. The summed E-state index contributed by atoms with van der Waals surface area (Å²) in [6, 6.07) is 17.3. The molecule has 1 unspecified atom stereocenters. The van der Waals surface area contributed by atoms with Gasteiger partial charge in [-0.05, 0) is 40.6 Å². The first-order chi connectivity index (χ1) is 12.6. The molecule has 0 saturated carbocycles. The van der Waals surface area contributed by atoms with E-state index >= 15 is 0 Å². The topological polar surface area (TPSA) is 72.7 Å². The molecule has 1 heterocycles. The molecule has 1 atom stereocenters. The summed E-state index contributed by atoms with van der Waals surface area (Å²) < 4.78 is 1.70. The van der Waals surface area contributed by atoms with E-state index in [0.717, 1.165) is 11.1 Å². The zero-order valence-electron chi connectivity index (χ0n) is 14.2. The molecule has 0 fully saturated rings. The number of halogens is 1. The van der Waals surface area contributed by atoms with Gasteiger partial charge < -0.3 is 5.32 Å². The average Bonchev–Trinajstić information content (AvgIpc) is 3.08. The molecule has 0 aliphatic heterocycles. The van der Waals surface area contributed by atoms with E-state index < -0.39 is 0 Å². The van der Waals surface area contributed by atoms with Gasteiger partial charge in [0.25, 0.3) is 0 Å². The highest BCUT2D eigenvalue weighted by Crippen LogP contribution is 2.21. The molecule has 0 radical (unpaired) electrons. The second-order valence-electron chi connectivity index (χ2n) is 5.71. The van der Waals surface area contributed by atoms with Crippen molar-refractivity contribution < 1.29 is 4.79 Å². The van der Waals surface area contributed by atoms with Crippen molar-refractivity contribution in [1.29, 1.82) is 0 Å². The number of aromatic nitrogens is 4. The van der Waals surface area contributed by atoms with Gasteiger partial charge >= 0.3 is 0 Å². The van der Waals surface area contributed by atoms with E-state index in [2.05, 4.69) is 20.8 Å². The monoisotopic (exact) mass is 387 g/mol. The van der Waals surface area contributed by atoms with Gasteiger partial charge in [-0.3, -0.25) is 4.79 Å². The highest BCUT2D eigenvalue weighted by Gasteiger charge is 2.18. The van der Waals surface area contributed by atoms with Crippen LogP contribution in [-0.4, -0.2) is 31.4 Å². The third-order valence-corrected chi connectivity index (χ3v) is 5.03. The Kier molecular flexibility index (Phi) is 6.25. The van der Waals surface area contributed by atoms with Crippen LogP contribution in [0.1, 0.15) is 18.1 Å². The minimum Gasteiger partial charge on any atom is -0.351 e. The Morgan fingerprint density at radius 3 is 2.62 bits per heavy atom. The average molecular weight is 388 g/mol. The van der Waals surface area contributed by atoms with E-state index in [1.807, 2.05) is 49.4 Å². The Labute approximate surface area is 160 Å². The number of rotatable bonds is 7. The molecule has 8 heteroatoms. The van der Waals surface area contributed by atoms with Gasteiger partial charge in [0, 0.05) is 11.6 Å². The van der Waals surface area contributed by atoms with Gasteiger partial charge in [0.1, 0.15) is 0 Å². The van der Waals surface area contributed by atoms with Crippen molar-refractivity contribution in [3.63, 3.8) is 0 Å². The molecule has 6 nitrogen and oxygen atoms in total. The second-order valence-corrected chi connectivity index (χ2v) is 7.45. The first kappa shape index (κ1) is 18.4. The third kappa shape index (κ3) is 5.06. The summed E-state index contributed by atoms with van der Waals surface area (Å²) in [5.41, 5.74) is 2.09. The van der Waals surface area contributed by atoms with Crippen LogP contribution in [0.25, 0.3) is 0 Å². The summed E-state index contributed by atoms with van der Waals surface area (Å²) >= 11 is 7.20. The van der Waals surface area contributed by atoms with Crippen LogP contribution in [0.15, 0.2) is 59.8 Å². The van der Waals surface area contributed by atoms with Crippen molar-refractivity contribution >= 4 is 29.3 Å². The number of benzene rings is 2. The lowest BCUT2D eigenvalue weighted by Gasteiger charge is -2.12. The maximum absolute atomic E-state index is 12.3. The predicted octanol–water partition coefficient (Wildman–Crippen LogP) is 3.17. The maximum Gasteiger partial charge on any atom is 0.233 e. The fraction of sp³-hybridized carbons (Fsp3) is 0.222. The van der Waals surface area contributed by atoms with Crippen molar-refractivity contribution in [2.24, 2.45) is 0 Å². The fourth-order valence-corrected chi connectivity index (χ4v) is 3.22. The second kappa shape index (κ2) is 8.82. The minimum atomic E-state index is -0.317. The molecule has 0 spiro atoms. The molecule has 0 saturated heterocycles. The lowest BCUT2D eigenvalue weighted by molar-refractivity contribution is -0.120. The van der Waals surface area contributed by atoms with Gasteiger partial charge in [-0.25, -0.2) is 4.68 Å². The van der Waals surface area contributed by atoms with Gasteiger partial charge in [-0.2, -0.15) is 0 Å². The Morgan fingerprint density at radius 2 is 1.88 bits per heavy atom. The third-order valence-electron chi connectivity index (χ3n) is 3.71. The van der Waals surface area contributed by atoms with E-state index in [-0.39, 0.29) is 11.2 Å². The van der Waals surface area contributed by atoms with Crippen LogP contribution in [0.3, 0.4) is 0 Å². The fourth-order valence-electron chi connectivity index (χ4n) is 2.28. The number of hydrogen-bond donors (Lipinski definition) is 1. The number of carbonyl (C=O) groups excluding carboxylic acids is 1. The molecular formula is C18H18ClN5OS. The zero-order valence-corrected chi connectivity index (χ0v) is 15.7. The minimum absolute atomic E-state index is 0.0702. The first-order valence-electron chi connectivity index (χ1n) is 8.11. The first-order valence-corrected chi connectivity index (χ1v) is 9.36. The summed E-state index contributed by atoms with van der Waals surface area (Å²) in [4.78, 5) is 12.3. The summed E-state index contributed by atoms with van der Waals surface area (Å²) in [7, 11) is 0. The van der Waals surface area contributed by atoms with Crippen LogP contribution >= 0.6 is 23.4 Å². The normalized spacial score (nSPS) is 11.9. The Morgan fingerprint density at radius 1 is 1.15 bits per heavy atom. The van der Waals surface area contributed by atoms with Crippen LogP contribution in [0, 0.1) is 0 Å². The Bertz CT molecular complexity index is 854. The van der Waals surface area contributed by atoms with Gasteiger partial charge in [0.05, 0.1) is 11.8 Å². The molecule has 0 aliphatic rings. The Balaban J connectivity index is 1.56. The van der Waals surface area contributed by atoms with Crippen molar-refractivity contribution in [3.05, 3.63) is 70.7 Å². The summed E-state index contributed by atoms with van der Waals surface area (Å²) in [6.07, 6.45) is 0. The number of amides is 1. The van der Waals surface area contributed by atoms with Gasteiger partial charge in [0.15, 0.2) is 0 Å². The predicted molar refractivity (Wildman–Crippen MR) is 102 cm³/mol. The number of carbonyl (C=O) groups is 1. The number of thioether (sulfide) groups is 1.